The van der Waals surface area contributed by atoms with Crippen LogP contribution in [0.2, 0.25) is 0 Å². The Hall–Kier alpha value is -1.45. The van der Waals surface area contributed by atoms with Crippen molar-refractivity contribution in [2.75, 3.05) is 0 Å². The summed E-state index contributed by atoms with van der Waals surface area (Å²) in [5, 5.41) is 8.79. The van der Waals surface area contributed by atoms with Crippen LogP contribution in [-0.2, 0) is 6.32 Å². The molecule has 0 fully saturated rings. The van der Waals surface area contributed by atoms with Crippen molar-refractivity contribution in [3.63, 3.8) is 0 Å². The molecule has 1 N–H and O–H groups in total. The number of carboxylic acids is 1. The van der Waals surface area contributed by atoms with Gasteiger partial charge in [0.2, 0.25) is 0 Å². The van der Waals surface area contributed by atoms with Gasteiger partial charge in [-0.15, -0.1) is 0 Å². The van der Waals surface area contributed by atoms with Crippen molar-refractivity contribution in [2.24, 2.45) is 0 Å². The topological polar surface area (TPSA) is 46.5 Å². The van der Waals surface area contributed by atoms with Gasteiger partial charge in [-0.1, -0.05) is 6.07 Å². The Morgan fingerprint density at radius 1 is 1.58 bits per heavy atom. The Balaban J connectivity index is 2.56. The average Bonchev–Trinajstić information content (AvgIpc) is 2.49. The third-order valence-electron chi connectivity index (χ3n) is 1.97. The number of carboxylic acid groups (broad SMARTS) is 1. The van der Waals surface area contributed by atoms with E-state index in [2.05, 4.69) is 0 Å². The highest BCUT2D eigenvalue weighted by Gasteiger charge is 2.19. The minimum atomic E-state index is -0.877. The molecule has 0 spiro atoms. The first-order valence-electron chi connectivity index (χ1n) is 3.77. The van der Waals surface area contributed by atoms with Gasteiger partial charge in [-0.25, -0.2) is 4.79 Å². The molecule has 1 aliphatic rings. The standard InChI is InChI=1S/C8H7BO3/c10-8(11)5-2-1-3-7-6(5)4-9-12-7/h1-3,9H,4H2,(H,10,11). The van der Waals surface area contributed by atoms with Gasteiger partial charge in [0.15, 0.2) is 0 Å². The third kappa shape index (κ3) is 0.960. The highest BCUT2D eigenvalue weighted by molar-refractivity contribution is 6.30. The number of hydrogen-bond acceptors (Lipinski definition) is 2. The molecule has 0 bridgehead atoms. The second kappa shape index (κ2) is 2.55. The Morgan fingerprint density at radius 2 is 2.42 bits per heavy atom. The van der Waals surface area contributed by atoms with Crippen molar-refractivity contribution in [2.45, 2.75) is 6.32 Å². The van der Waals surface area contributed by atoms with Crippen molar-refractivity contribution in [3.8, 4) is 5.75 Å². The zero-order chi connectivity index (χ0) is 8.55. The molecule has 1 aliphatic heterocycles. The zero-order valence-electron chi connectivity index (χ0n) is 6.41. The van der Waals surface area contributed by atoms with Gasteiger partial charge in [0, 0.05) is 5.56 Å². The lowest BCUT2D eigenvalue weighted by molar-refractivity contribution is 0.0696. The molecule has 0 saturated carbocycles. The van der Waals surface area contributed by atoms with Gasteiger partial charge < -0.3 is 9.76 Å². The molecule has 1 aromatic rings. The van der Waals surface area contributed by atoms with E-state index in [1.54, 1.807) is 18.2 Å². The van der Waals surface area contributed by atoms with Crippen LogP contribution in [0.5, 0.6) is 5.75 Å². The van der Waals surface area contributed by atoms with Crippen molar-refractivity contribution in [1.82, 2.24) is 0 Å². The van der Waals surface area contributed by atoms with E-state index in [-0.39, 0.29) is 0 Å². The molecule has 0 aromatic heterocycles. The Kier molecular flexibility index (Phi) is 1.53. The van der Waals surface area contributed by atoms with Crippen LogP contribution in [-0.4, -0.2) is 18.6 Å². The molecule has 60 valence electrons. The van der Waals surface area contributed by atoms with E-state index in [9.17, 15) is 4.79 Å². The quantitative estimate of drug-likeness (QED) is 0.616. The van der Waals surface area contributed by atoms with Crippen molar-refractivity contribution >= 4 is 13.5 Å². The normalized spacial score (nSPS) is 13.0. The van der Waals surface area contributed by atoms with E-state index < -0.39 is 5.97 Å². The van der Waals surface area contributed by atoms with Crippen molar-refractivity contribution < 1.29 is 14.6 Å². The Labute approximate surface area is 70.2 Å². The van der Waals surface area contributed by atoms with Crippen molar-refractivity contribution in [1.29, 1.82) is 0 Å². The summed E-state index contributed by atoms with van der Waals surface area (Å²) in [4.78, 5) is 10.7. The number of fused-ring (bicyclic) bond motifs is 1. The largest absolute Gasteiger partial charge is 0.564 e. The summed E-state index contributed by atoms with van der Waals surface area (Å²) in [6.45, 7) is 0. The first-order chi connectivity index (χ1) is 5.79. The molecule has 1 heterocycles. The molecule has 0 atom stereocenters. The lowest BCUT2D eigenvalue weighted by atomic mass is 9.91. The molecule has 3 nitrogen and oxygen atoms in total. The summed E-state index contributed by atoms with van der Waals surface area (Å²) in [7, 11) is 0.597. The Bertz CT molecular complexity index is 335. The van der Waals surface area contributed by atoms with Gasteiger partial charge >= 0.3 is 13.5 Å². The van der Waals surface area contributed by atoms with E-state index in [0.717, 1.165) is 11.3 Å². The molecule has 0 saturated heterocycles. The monoisotopic (exact) mass is 162 g/mol. The number of aromatic carboxylic acids is 1. The van der Waals surface area contributed by atoms with E-state index in [1.165, 1.54) is 0 Å². The van der Waals surface area contributed by atoms with Crippen LogP contribution in [0, 0.1) is 0 Å². The fraction of sp³-hybridized carbons (Fsp3) is 0.125. The molecule has 1 aromatic carbocycles. The molecule has 0 amide bonds. The van der Waals surface area contributed by atoms with Crippen molar-refractivity contribution in [3.05, 3.63) is 29.3 Å². The van der Waals surface area contributed by atoms with E-state index in [1.807, 2.05) is 0 Å². The van der Waals surface area contributed by atoms with Crippen LogP contribution in [0.25, 0.3) is 0 Å². The zero-order valence-corrected chi connectivity index (χ0v) is 6.41. The minimum Gasteiger partial charge on any atom is -0.564 e. The molecule has 2 rings (SSSR count). The third-order valence-corrected chi connectivity index (χ3v) is 1.97. The van der Waals surface area contributed by atoms with Crippen LogP contribution >= 0.6 is 0 Å². The minimum absolute atomic E-state index is 0.366. The smallest absolute Gasteiger partial charge is 0.344 e. The summed E-state index contributed by atoms with van der Waals surface area (Å²) in [5.74, 6) is -0.160. The van der Waals surface area contributed by atoms with Gasteiger partial charge in [-0.3, -0.25) is 0 Å². The highest BCUT2D eigenvalue weighted by Crippen LogP contribution is 2.26. The van der Waals surface area contributed by atoms with Crippen LogP contribution in [0.1, 0.15) is 15.9 Å². The first-order valence-corrected chi connectivity index (χ1v) is 3.77. The fourth-order valence-electron chi connectivity index (χ4n) is 1.42. The highest BCUT2D eigenvalue weighted by atomic mass is 16.4. The maximum absolute atomic E-state index is 10.7. The average molecular weight is 162 g/mol. The van der Waals surface area contributed by atoms with Gasteiger partial charge in [-0.05, 0) is 18.5 Å². The van der Waals surface area contributed by atoms with Gasteiger partial charge in [-0.2, -0.15) is 0 Å². The molecular formula is C8H7BO3. The summed E-state index contributed by atoms with van der Waals surface area (Å²) in [5.41, 5.74) is 1.19. The lowest BCUT2D eigenvalue weighted by Gasteiger charge is -2.01. The van der Waals surface area contributed by atoms with E-state index in [4.69, 9.17) is 9.76 Å². The number of hydrogen-bond donors (Lipinski definition) is 1. The summed E-state index contributed by atoms with van der Waals surface area (Å²) in [6, 6.07) is 5.11. The fourth-order valence-corrected chi connectivity index (χ4v) is 1.42. The number of carbonyl (C=O) groups is 1. The van der Waals surface area contributed by atoms with Crippen LogP contribution in [0.15, 0.2) is 18.2 Å². The number of rotatable bonds is 1. The molecule has 0 unspecified atom stereocenters. The Morgan fingerprint density at radius 3 is 3.17 bits per heavy atom. The summed E-state index contributed by atoms with van der Waals surface area (Å²) >= 11 is 0. The predicted molar refractivity (Wildman–Crippen MR) is 44.9 cm³/mol. The van der Waals surface area contributed by atoms with Crippen LogP contribution < -0.4 is 4.65 Å². The van der Waals surface area contributed by atoms with Gasteiger partial charge in [0.1, 0.15) is 5.75 Å². The predicted octanol–water partition coefficient (Wildman–Crippen LogP) is 0.629. The number of benzene rings is 1. The summed E-state index contributed by atoms with van der Waals surface area (Å²) < 4.78 is 5.23. The van der Waals surface area contributed by atoms with E-state index >= 15 is 0 Å². The van der Waals surface area contributed by atoms with Gasteiger partial charge in [0.05, 0.1) is 5.56 Å². The van der Waals surface area contributed by atoms with Gasteiger partial charge in [0.25, 0.3) is 0 Å². The maximum Gasteiger partial charge on any atom is 0.344 e. The second-order valence-electron chi connectivity index (χ2n) is 2.69. The lowest BCUT2D eigenvalue weighted by Crippen LogP contribution is -2.00. The molecule has 0 radical (unpaired) electrons. The molecule has 12 heavy (non-hydrogen) atoms. The first kappa shape index (κ1) is 7.22. The molecule has 4 heteroatoms. The van der Waals surface area contributed by atoms with E-state index in [0.29, 0.717) is 19.4 Å². The molecular weight excluding hydrogens is 155 g/mol. The molecule has 0 aliphatic carbocycles. The van der Waals surface area contributed by atoms with Crippen LogP contribution in [0.4, 0.5) is 0 Å². The summed E-state index contributed by atoms with van der Waals surface area (Å²) in [6.07, 6.45) is 0.706. The maximum atomic E-state index is 10.7. The SMILES string of the molecule is O=C(O)c1cccc2c1CBO2. The second-order valence-corrected chi connectivity index (χ2v) is 2.69. The van der Waals surface area contributed by atoms with Crippen LogP contribution in [0.3, 0.4) is 0 Å².